The monoisotopic (exact) mass is 1090 g/mol. The molecule has 0 unspecified atom stereocenters. The van der Waals surface area contributed by atoms with Crippen LogP contribution in [0.3, 0.4) is 0 Å². The Bertz CT molecular complexity index is 2680. The maximum atomic E-state index is 9.55. The molecule has 0 heterocycles. The first-order valence-electron chi connectivity index (χ1n) is 29.7. The summed E-state index contributed by atoms with van der Waals surface area (Å²) in [4.78, 5) is 0. The molecule has 9 aromatic carbocycles. The molecule has 3 nitrogen and oxygen atoms in total. The molecule has 12 rings (SSSR count). The second-order valence-electron chi connectivity index (χ2n) is 22.8. The van der Waals surface area contributed by atoms with E-state index in [1.54, 1.807) is 0 Å². The molecule has 3 aliphatic carbocycles. The molecule has 0 bridgehead atoms. The van der Waals surface area contributed by atoms with Crippen LogP contribution >= 0.6 is 20.5 Å². The quantitative estimate of drug-likeness (QED) is 0.0633. The summed E-state index contributed by atoms with van der Waals surface area (Å²) in [5.41, 5.74) is 0.287. The Labute approximate surface area is 472 Å². The van der Waals surface area contributed by atoms with E-state index in [9.17, 15) is 13.3 Å². The summed E-state index contributed by atoms with van der Waals surface area (Å²) in [6.45, 7) is -13.2. The predicted octanol–water partition coefficient (Wildman–Crippen LogP) is 15.4. The van der Waals surface area contributed by atoms with E-state index in [1.807, 2.05) is 0 Å². The molecule has 79 heavy (non-hydrogen) atoms. The molecule has 3 saturated carbocycles. The molecule has 0 amide bonds. The van der Waals surface area contributed by atoms with Gasteiger partial charge in [0.1, 0.15) is 0 Å². The van der Waals surface area contributed by atoms with E-state index in [2.05, 4.69) is 273 Å². The van der Waals surface area contributed by atoms with Gasteiger partial charge in [0.2, 0.25) is 0 Å². The minimum atomic E-state index is -4.39. The van der Waals surface area contributed by atoms with Crippen molar-refractivity contribution in [2.75, 3.05) is 0 Å². The van der Waals surface area contributed by atoms with Crippen molar-refractivity contribution in [1.29, 1.82) is 0 Å². The van der Waals surface area contributed by atoms with Crippen molar-refractivity contribution in [2.45, 2.75) is 113 Å². The van der Waals surface area contributed by atoms with E-state index in [4.69, 9.17) is 0 Å². The molecular formula is C72H78BO3P3. The van der Waals surface area contributed by atoms with Gasteiger partial charge in [-0.3, -0.25) is 0 Å². The molecule has 0 aliphatic heterocycles. The van der Waals surface area contributed by atoms with Gasteiger partial charge in [-0.15, -0.1) is 0 Å². The Morgan fingerprint density at radius 2 is 0.342 bits per heavy atom. The third-order valence-corrected chi connectivity index (χ3v) is 38.6. The molecule has 0 saturated heterocycles. The van der Waals surface area contributed by atoms with Crippen LogP contribution in [0.25, 0.3) is 0 Å². The van der Waals surface area contributed by atoms with Crippen LogP contribution in [0.1, 0.15) is 96.3 Å². The van der Waals surface area contributed by atoms with Gasteiger partial charge in [0.05, 0.1) is 0 Å². The van der Waals surface area contributed by atoms with E-state index >= 15 is 0 Å². The topological polar surface area (TPSA) is 27.7 Å². The van der Waals surface area contributed by atoms with Crippen molar-refractivity contribution in [1.82, 2.24) is 0 Å². The first-order chi connectivity index (χ1) is 39.1. The van der Waals surface area contributed by atoms with Crippen LogP contribution in [0.2, 0.25) is 0 Å². The standard InChI is InChI=1S/C72H78BO3P3/c1-13-37-61(38-14-1)77(62-39-15-2-16-40-62,63-41-17-3-18-42-63,64-43-19-4-20-44-64)74-73(75-78(65-45-21-5-22-46-65,66-47-23-6-24-48-66,67-49-25-7-26-50-67)68-51-27-8-28-52-68)76-79(69-53-29-9-30-54-69,70-55-31-10-32-56-70,71-57-33-11-34-58-71)72-59-35-12-36-60-72/h1-3,5-7,9-11,13-18,21-26,29-34,37-42,45-50,53-58,64,68,72H,4,8,12,19-20,27-28,35-36,43-44,51-52,59-60H2. The first kappa shape index (κ1) is 53.8. The number of hydrogen-bond donors (Lipinski definition) is 0. The summed E-state index contributed by atoms with van der Waals surface area (Å²) < 4.78 is 28.6. The molecule has 0 N–H and O–H groups in total. The molecule has 3 fully saturated rings. The molecule has 0 atom stereocenters. The van der Waals surface area contributed by atoms with Gasteiger partial charge < -0.3 is 0 Å². The number of hydrogen-bond acceptors (Lipinski definition) is 3. The van der Waals surface area contributed by atoms with Gasteiger partial charge in [-0.1, -0.05) is 0 Å². The van der Waals surface area contributed by atoms with Crippen molar-refractivity contribution >= 4 is 75.6 Å². The molecule has 0 aromatic heterocycles. The molecule has 3 aliphatic rings. The van der Waals surface area contributed by atoms with Gasteiger partial charge in [-0.05, 0) is 0 Å². The first-order valence-corrected chi connectivity index (χ1v) is 36.4. The summed E-state index contributed by atoms with van der Waals surface area (Å²) in [6.07, 6.45) is 16.3. The Morgan fingerprint density at radius 1 is 0.203 bits per heavy atom. The van der Waals surface area contributed by atoms with E-state index in [0.29, 0.717) is 0 Å². The molecule has 0 spiro atoms. The maximum absolute atomic E-state index is 9.55. The average molecular weight is 1100 g/mol. The van der Waals surface area contributed by atoms with E-state index < -0.39 is 27.8 Å². The summed E-state index contributed by atoms with van der Waals surface area (Å²) >= 11 is 0. The van der Waals surface area contributed by atoms with Crippen molar-refractivity contribution in [2.24, 2.45) is 0 Å². The van der Waals surface area contributed by atoms with Gasteiger partial charge in [-0.25, -0.2) is 0 Å². The predicted molar refractivity (Wildman–Crippen MR) is 345 cm³/mol. The fourth-order valence-electron chi connectivity index (χ4n) is 15.9. The van der Waals surface area contributed by atoms with Crippen LogP contribution in [-0.4, -0.2) is 24.3 Å². The van der Waals surface area contributed by atoms with Crippen LogP contribution in [0, 0.1) is 0 Å². The summed E-state index contributed by atoms with van der Waals surface area (Å²) in [5, 5.41) is 10.9. The Hall–Kier alpha value is -5.79. The zero-order valence-corrected chi connectivity index (χ0v) is 48.6. The second-order valence-corrected chi connectivity index (χ2v) is 36.9. The van der Waals surface area contributed by atoms with Crippen LogP contribution in [-0.2, 0) is 13.3 Å². The fraction of sp³-hybridized carbons (Fsp3) is 0.250. The van der Waals surface area contributed by atoms with Crippen molar-refractivity contribution in [3.8, 4) is 0 Å². The van der Waals surface area contributed by atoms with Crippen LogP contribution < -0.4 is 47.7 Å². The Morgan fingerprint density at radius 3 is 0.481 bits per heavy atom. The third-order valence-electron chi connectivity index (χ3n) is 19.1. The van der Waals surface area contributed by atoms with E-state index in [1.165, 1.54) is 67.0 Å². The molecule has 402 valence electrons. The van der Waals surface area contributed by atoms with Crippen molar-refractivity contribution < 1.29 is 13.3 Å². The van der Waals surface area contributed by atoms with E-state index in [-0.39, 0.29) is 17.0 Å². The SMILES string of the molecule is c1ccc(P(OB(OP(c2ccccc2)(c2ccccc2)(c2ccccc2)C2CCCCC2)OP(c2ccccc2)(c2ccccc2)(c2ccccc2)C2CCCCC2)(c2ccccc2)(c2ccccc2)C2CCCCC2)cc1. The Balaban J connectivity index is 1.32. The van der Waals surface area contributed by atoms with Gasteiger partial charge in [0.25, 0.3) is 0 Å². The van der Waals surface area contributed by atoms with Gasteiger partial charge in [0.15, 0.2) is 0 Å². The number of rotatable bonds is 18. The summed E-state index contributed by atoms with van der Waals surface area (Å²) in [5.74, 6) is 0. The van der Waals surface area contributed by atoms with Gasteiger partial charge in [0, 0.05) is 0 Å². The van der Waals surface area contributed by atoms with Crippen molar-refractivity contribution in [3.05, 3.63) is 273 Å². The zero-order valence-electron chi connectivity index (χ0n) is 46.0. The summed E-state index contributed by atoms with van der Waals surface area (Å²) in [6, 6.07) is 104. The van der Waals surface area contributed by atoms with Gasteiger partial charge in [-0.2, -0.15) is 0 Å². The molecule has 7 heteroatoms. The average Bonchev–Trinajstić information content (AvgIpc) is 3.73. The van der Waals surface area contributed by atoms with E-state index in [0.717, 1.165) is 77.0 Å². The van der Waals surface area contributed by atoms with Crippen LogP contribution in [0.4, 0.5) is 0 Å². The number of benzene rings is 9. The normalized spacial score (nSPS) is 17.7. The molecule has 0 radical (unpaired) electrons. The third kappa shape index (κ3) is 8.54. The van der Waals surface area contributed by atoms with Crippen molar-refractivity contribution in [3.63, 3.8) is 0 Å². The fourth-order valence-corrected chi connectivity index (χ4v) is 36.4. The van der Waals surface area contributed by atoms with Gasteiger partial charge >= 0.3 is 475 Å². The summed E-state index contributed by atoms with van der Waals surface area (Å²) in [7, 11) is -1.26. The second kappa shape index (κ2) is 23.0. The molecule has 9 aromatic rings. The van der Waals surface area contributed by atoms with Crippen LogP contribution in [0.15, 0.2) is 273 Å². The molecular weight excluding hydrogens is 1020 g/mol. The van der Waals surface area contributed by atoms with Crippen LogP contribution in [0.5, 0.6) is 0 Å². The Kier molecular flexibility index (Phi) is 15.7. The zero-order chi connectivity index (χ0) is 53.4. The minimum absolute atomic E-state index is 0.0957.